The average Bonchev–Trinajstić information content (AvgIpc) is 2.78. The van der Waals surface area contributed by atoms with E-state index in [2.05, 4.69) is 5.32 Å². The molecule has 0 aliphatic heterocycles. The molecule has 5 N–H and O–H groups in total. The van der Waals surface area contributed by atoms with Crippen LogP contribution in [0.2, 0.25) is 0 Å². The minimum atomic E-state index is -0.805. The topological polar surface area (TPSA) is 99.2 Å². The zero-order chi connectivity index (χ0) is 20.6. The van der Waals surface area contributed by atoms with Crippen molar-refractivity contribution in [3.05, 3.63) is 113 Å². The van der Waals surface area contributed by atoms with Gasteiger partial charge in [-0.3, -0.25) is 4.79 Å². The maximum absolute atomic E-state index is 12.7. The van der Waals surface area contributed by atoms with Crippen molar-refractivity contribution in [3.8, 4) is 0 Å². The lowest BCUT2D eigenvalue weighted by Crippen LogP contribution is -2.29. The molecule has 146 valence electrons. The zero-order valence-electron chi connectivity index (χ0n) is 15.9. The van der Waals surface area contributed by atoms with Gasteiger partial charge in [-0.15, -0.1) is 0 Å². The van der Waals surface area contributed by atoms with Gasteiger partial charge in [-0.05, 0) is 23.3 Å². The van der Waals surface area contributed by atoms with Crippen LogP contribution in [0.15, 0.2) is 91.0 Å². The second-order valence-electron chi connectivity index (χ2n) is 6.56. The molecule has 3 aromatic carbocycles. The number of amides is 1. The fourth-order valence-corrected chi connectivity index (χ4v) is 2.94. The third-order valence-electron chi connectivity index (χ3n) is 4.51. The minimum absolute atomic E-state index is 0.0759. The Balaban J connectivity index is 1.74. The molecule has 3 aromatic rings. The summed E-state index contributed by atoms with van der Waals surface area (Å²) >= 11 is 0. The fourth-order valence-electron chi connectivity index (χ4n) is 2.94. The number of hydrogen-bond donors (Lipinski definition) is 4. The second-order valence-corrected chi connectivity index (χ2v) is 6.56. The highest BCUT2D eigenvalue weighted by Crippen LogP contribution is 2.15. The van der Waals surface area contributed by atoms with Gasteiger partial charge in [0, 0.05) is 23.4 Å². The smallest absolute Gasteiger partial charge is 0.252 e. The number of allylic oxidation sites excluding steroid dienone is 1. The molecule has 1 amide bonds. The highest BCUT2D eigenvalue weighted by atomic mass is 16.3. The predicted molar refractivity (Wildman–Crippen MR) is 116 cm³/mol. The van der Waals surface area contributed by atoms with E-state index in [-0.39, 0.29) is 18.2 Å². The number of nitrogens with one attached hydrogen (secondary N) is 2. The van der Waals surface area contributed by atoms with E-state index >= 15 is 0 Å². The molecule has 0 heterocycles. The van der Waals surface area contributed by atoms with Gasteiger partial charge in [0.15, 0.2) is 0 Å². The van der Waals surface area contributed by atoms with Gasteiger partial charge < -0.3 is 21.6 Å². The van der Waals surface area contributed by atoms with Gasteiger partial charge in [0.05, 0.1) is 11.8 Å². The minimum Gasteiger partial charge on any atom is -0.398 e. The highest BCUT2D eigenvalue weighted by molar-refractivity contribution is 6.15. The largest absolute Gasteiger partial charge is 0.398 e. The summed E-state index contributed by atoms with van der Waals surface area (Å²) in [7, 11) is 0. The summed E-state index contributed by atoms with van der Waals surface area (Å²) in [6.45, 7) is 0.0759. The van der Waals surface area contributed by atoms with E-state index in [1.807, 2.05) is 48.5 Å². The Hall–Kier alpha value is -3.70. The van der Waals surface area contributed by atoms with Crippen molar-refractivity contribution < 1.29 is 9.90 Å². The van der Waals surface area contributed by atoms with Crippen molar-refractivity contribution in [1.29, 1.82) is 5.41 Å². The van der Waals surface area contributed by atoms with E-state index in [1.54, 1.807) is 42.5 Å². The first kappa shape index (κ1) is 20.0. The number of nitrogens with two attached hydrogens (primary N) is 1. The Labute approximate surface area is 170 Å². The molecule has 0 saturated carbocycles. The van der Waals surface area contributed by atoms with Crippen molar-refractivity contribution >= 4 is 17.3 Å². The number of hydrogen-bond acceptors (Lipinski definition) is 4. The molecule has 0 aliphatic rings. The number of aliphatic hydroxyl groups excluding tert-OH is 1. The molecule has 3 rings (SSSR count). The molecule has 5 nitrogen and oxygen atoms in total. The Morgan fingerprint density at radius 1 is 0.931 bits per heavy atom. The van der Waals surface area contributed by atoms with Gasteiger partial charge in [0.2, 0.25) is 0 Å². The molecule has 0 bridgehead atoms. The van der Waals surface area contributed by atoms with Crippen LogP contribution < -0.4 is 11.1 Å². The molecular formula is C24H23N3O2. The van der Waals surface area contributed by atoms with Crippen molar-refractivity contribution in [2.45, 2.75) is 6.10 Å². The summed E-state index contributed by atoms with van der Waals surface area (Å²) < 4.78 is 0. The molecule has 0 saturated heterocycles. The lowest BCUT2D eigenvalue weighted by molar-refractivity contribution is 0.0916. The summed E-state index contributed by atoms with van der Waals surface area (Å²) in [5.41, 5.74) is 9.06. The Morgan fingerprint density at radius 2 is 1.48 bits per heavy atom. The first-order valence-corrected chi connectivity index (χ1v) is 9.28. The van der Waals surface area contributed by atoms with Crippen LogP contribution in [-0.4, -0.2) is 23.3 Å². The van der Waals surface area contributed by atoms with Crippen LogP contribution >= 0.6 is 0 Å². The molecule has 0 radical (unpaired) electrons. The number of rotatable bonds is 7. The summed E-state index contributed by atoms with van der Waals surface area (Å²) in [5, 5.41) is 21.4. The van der Waals surface area contributed by atoms with Crippen LogP contribution in [0.1, 0.15) is 33.2 Å². The second kappa shape index (κ2) is 9.48. The van der Waals surface area contributed by atoms with Crippen molar-refractivity contribution in [1.82, 2.24) is 5.32 Å². The van der Waals surface area contributed by atoms with E-state index in [1.165, 1.54) is 0 Å². The van der Waals surface area contributed by atoms with Gasteiger partial charge in [-0.1, -0.05) is 78.9 Å². The lowest BCUT2D eigenvalue weighted by Gasteiger charge is -2.14. The summed E-state index contributed by atoms with van der Waals surface area (Å²) in [4.78, 5) is 12.7. The molecule has 29 heavy (non-hydrogen) atoms. The third kappa shape index (κ3) is 5.18. The van der Waals surface area contributed by atoms with E-state index in [0.717, 1.165) is 11.1 Å². The van der Waals surface area contributed by atoms with Crippen LogP contribution in [0.4, 0.5) is 0 Å². The molecule has 0 unspecified atom stereocenters. The summed E-state index contributed by atoms with van der Waals surface area (Å²) in [6, 6.07) is 25.4. The Bertz CT molecular complexity index is 1010. The van der Waals surface area contributed by atoms with Crippen LogP contribution in [0.5, 0.6) is 0 Å². The van der Waals surface area contributed by atoms with E-state index in [9.17, 15) is 9.90 Å². The normalized spacial score (nSPS) is 12.2. The number of carbonyl (C=O) groups excluding carboxylic acids is 1. The molecule has 5 heteroatoms. The molecule has 0 aliphatic carbocycles. The van der Waals surface area contributed by atoms with E-state index in [0.29, 0.717) is 16.8 Å². The summed E-state index contributed by atoms with van der Waals surface area (Å²) in [5.74, 6) is -0.355. The van der Waals surface area contributed by atoms with Crippen molar-refractivity contribution in [3.63, 3.8) is 0 Å². The van der Waals surface area contributed by atoms with Crippen LogP contribution in [0.3, 0.4) is 0 Å². The Morgan fingerprint density at radius 3 is 2.14 bits per heavy atom. The number of benzene rings is 3. The van der Waals surface area contributed by atoms with Gasteiger partial charge in [0.1, 0.15) is 0 Å². The SMILES string of the molecule is N=C(/C=C(\N)c1ccccc1)c1ccccc1C(=O)NC[C@@H](O)c1ccccc1. The molecular weight excluding hydrogens is 362 g/mol. The van der Waals surface area contributed by atoms with Crippen LogP contribution in [-0.2, 0) is 0 Å². The van der Waals surface area contributed by atoms with Gasteiger partial charge >= 0.3 is 0 Å². The predicted octanol–water partition coefficient (Wildman–Crippen LogP) is 3.52. The maximum Gasteiger partial charge on any atom is 0.252 e. The van der Waals surface area contributed by atoms with E-state index < -0.39 is 6.10 Å². The van der Waals surface area contributed by atoms with Gasteiger partial charge in [0.25, 0.3) is 5.91 Å². The lowest BCUT2D eigenvalue weighted by atomic mass is 10.00. The monoisotopic (exact) mass is 385 g/mol. The quantitative estimate of drug-likeness (QED) is 0.468. The van der Waals surface area contributed by atoms with Crippen LogP contribution in [0, 0.1) is 5.41 Å². The van der Waals surface area contributed by atoms with Gasteiger partial charge in [-0.25, -0.2) is 0 Å². The fraction of sp³-hybridized carbons (Fsp3) is 0.0833. The molecule has 0 spiro atoms. The third-order valence-corrected chi connectivity index (χ3v) is 4.51. The maximum atomic E-state index is 12.7. The summed E-state index contributed by atoms with van der Waals surface area (Å²) in [6.07, 6.45) is 0.737. The van der Waals surface area contributed by atoms with Gasteiger partial charge in [-0.2, -0.15) is 0 Å². The molecule has 0 fully saturated rings. The number of aliphatic hydroxyl groups is 1. The van der Waals surface area contributed by atoms with Crippen molar-refractivity contribution in [2.75, 3.05) is 6.54 Å². The first-order chi connectivity index (χ1) is 14.1. The standard InChI is InChI=1S/C24H23N3O2/c25-21(17-9-3-1-4-10-17)15-22(26)19-13-7-8-14-20(19)24(29)27-16-23(28)18-11-5-2-6-12-18/h1-15,23,26,28H,16,25H2,(H,27,29)/b21-15-,26-22?/t23-/m1/s1. The van der Waals surface area contributed by atoms with E-state index in [4.69, 9.17) is 11.1 Å². The number of carbonyl (C=O) groups is 1. The Kier molecular flexibility index (Phi) is 6.55. The van der Waals surface area contributed by atoms with Crippen molar-refractivity contribution in [2.24, 2.45) is 5.73 Å². The molecule has 1 atom stereocenters. The molecule has 0 aromatic heterocycles. The zero-order valence-corrected chi connectivity index (χ0v) is 15.9. The van der Waals surface area contributed by atoms with Crippen LogP contribution in [0.25, 0.3) is 5.70 Å². The first-order valence-electron chi connectivity index (χ1n) is 9.28. The highest BCUT2D eigenvalue weighted by Gasteiger charge is 2.15. The average molecular weight is 385 g/mol.